The van der Waals surface area contributed by atoms with Gasteiger partial charge in [0.25, 0.3) is 0 Å². The molecule has 0 aliphatic carbocycles. The number of hydrogen-bond donors (Lipinski definition) is 0. The van der Waals surface area contributed by atoms with Crippen molar-refractivity contribution in [3.63, 3.8) is 0 Å². The molecule has 0 unspecified atom stereocenters. The standard InChI is InChI=1S/C23H44Cl2O2Si/c1-2-22(26)27-21-19-17-15-13-11-9-7-5-3-4-6-8-10-12-14-16-18-20-23(24,25)28/h2H,1,3-21H2,28H3. The molecule has 5 heteroatoms. The molecule has 0 N–H and O–H groups in total. The molecule has 0 saturated heterocycles. The van der Waals surface area contributed by atoms with Gasteiger partial charge in [-0.15, -0.1) is 23.2 Å². The van der Waals surface area contributed by atoms with Gasteiger partial charge in [0.1, 0.15) is 0 Å². The SMILES string of the molecule is C=CC(=O)OCCCCCCCCCCCCCCCCCCCC([SiH3])(Cl)Cl. The van der Waals surface area contributed by atoms with E-state index in [4.69, 9.17) is 27.9 Å². The minimum atomic E-state index is -0.399. The predicted molar refractivity (Wildman–Crippen MR) is 129 cm³/mol. The summed E-state index contributed by atoms with van der Waals surface area (Å²) in [5, 5.41) is 0. The number of esters is 1. The Morgan fingerprint density at radius 2 is 1.04 bits per heavy atom. The number of hydrogen-bond acceptors (Lipinski definition) is 2. The molecule has 0 aliphatic heterocycles. The molecule has 166 valence electrons. The van der Waals surface area contributed by atoms with E-state index < -0.39 is 3.96 Å². The maximum atomic E-state index is 10.9. The van der Waals surface area contributed by atoms with Crippen molar-refractivity contribution in [2.24, 2.45) is 0 Å². The zero-order valence-electron chi connectivity index (χ0n) is 18.3. The molecule has 2 nitrogen and oxygen atoms in total. The molecule has 0 aromatic heterocycles. The van der Waals surface area contributed by atoms with Crippen LogP contribution in [-0.2, 0) is 9.53 Å². The molecule has 0 radical (unpaired) electrons. The Morgan fingerprint density at radius 3 is 1.36 bits per heavy atom. The minimum Gasteiger partial charge on any atom is -0.463 e. The molecule has 0 fully saturated rings. The van der Waals surface area contributed by atoms with Gasteiger partial charge in [-0.1, -0.05) is 109 Å². The van der Waals surface area contributed by atoms with Crippen molar-refractivity contribution in [1.29, 1.82) is 0 Å². The first-order valence-electron chi connectivity index (χ1n) is 11.6. The lowest BCUT2D eigenvalue weighted by Crippen LogP contribution is -2.11. The first-order valence-corrected chi connectivity index (χ1v) is 13.4. The summed E-state index contributed by atoms with van der Waals surface area (Å²) in [6.45, 7) is 3.92. The zero-order chi connectivity index (χ0) is 20.9. The third-order valence-electron chi connectivity index (χ3n) is 5.17. The average Bonchev–Trinajstić information content (AvgIpc) is 2.65. The van der Waals surface area contributed by atoms with E-state index >= 15 is 0 Å². The Balaban J connectivity index is 3.07. The molecular weight excluding hydrogens is 407 g/mol. The van der Waals surface area contributed by atoms with Crippen LogP contribution >= 0.6 is 23.2 Å². The van der Waals surface area contributed by atoms with Crippen LogP contribution in [0.5, 0.6) is 0 Å². The highest BCUT2D eigenvalue weighted by Crippen LogP contribution is 2.24. The van der Waals surface area contributed by atoms with E-state index in [1.54, 1.807) is 0 Å². The smallest absolute Gasteiger partial charge is 0.330 e. The van der Waals surface area contributed by atoms with Crippen molar-refractivity contribution in [1.82, 2.24) is 0 Å². The fraction of sp³-hybridized carbons (Fsp3) is 0.870. The molecule has 0 bridgehead atoms. The van der Waals surface area contributed by atoms with Gasteiger partial charge in [-0.25, -0.2) is 4.79 Å². The predicted octanol–water partition coefficient (Wildman–Crippen LogP) is 7.23. The van der Waals surface area contributed by atoms with E-state index in [0.29, 0.717) is 6.61 Å². The molecule has 0 aromatic rings. The molecule has 0 aliphatic rings. The molecule has 0 saturated carbocycles. The lowest BCUT2D eigenvalue weighted by molar-refractivity contribution is -0.137. The van der Waals surface area contributed by atoms with Gasteiger partial charge in [-0.05, 0) is 12.8 Å². The molecule has 0 aromatic carbocycles. The Hall–Kier alpha value is 0.00688. The molecule has 0 heterocycles. The van der Waals surface area contributed by atoms with Crippen molar-refractivity contribution in [3.8, 4) is 0 Å². The maximum absolute atomic E-state index is 10.9. The third-order valence-corrected chi connectivity index (χ3v) is 6.05. The van der Waals surface area contributed by atoms with Crippen LogP contribution in [0, 0.1) is 0 Å². The van der Waals surface area contributed by atoms with E-state index in [9.17, 15) is 4.79 Å². The lowest BCUT2D eigenvalue weighted by Gasteiger charge is -2.12. The highest BCUT2D eigenvalue weighted by Gasteiger charge is 2.14. The molecule has 0 spiro atoms. The largest absolute Gasteiger partial charge is 0.463 e. The molecule has 0 atom stereocenters. The molecule has 0 rings (SSSR count). The van der Waals surface area contributed by atoms with E-state index in [-0.39, 0.29) is 5.97 Å². The summed E-state index contributed by atoms with van der Waals surface area (Å²) in [7, 11) is 0.863. The number of unbranched alkanes of at least 4 members (excludes halogenated alkanes) is 16. The van der Waals surface area contributed by atoms with Crippen LogP contribution in [-0.4, -0.2) is 26.8 Å². The first-order chi connectivity index (χ1) is 13.5. The van der Waals surface area contributed by atoms with Gasteiger partial charge in [-0.3, -0.25) is 0 Å². The summed E-state index contributed by atoms with van der Waals surface area (Å²) in [5.41, 5.74) is 0. The second-order valence-corrected chi connectivity index (χ2v) is 13.0. The summed E-state index contributed by atoms with van der Waals surface area (Å²) in [6.07, 6.45) is 24.6. The van der Waals surface area contributed by atoms with Crippen LogP contribution in [0.1, 0.15) is 116 Å². The fourth-order valence-electron chi connectivity index (χ4n) is 3.42. The van der Waals surface area contributed by atoms with E-state index in [0.717, 1.165) is 29.5 Å². The quantitative estimate of drug-likeness (QED) is 0.0605. The number of halogens is 2. The summed E-state index contributed by atoms with van der Waals surface area (Å²) in [4.78, 5) is 10.9. The monoisotopic (exact) mass is 450 g/mol. The summed E-state index contributed by atoms with van der Waals surface area (Å²) in [6, 6.07) is 0. The van der Waals surface area contributed by atoms with Crippen molar-refractivity contribution >= 4 is 39.4 Å². The maximum Gasteiger partial charge on any atom is 0.330 e. The lowest BCUT2D eigenvalue weighted by atomic mass is 10.0. The van der Waals surface area contributed by atoms with Crippen molar-refractivity contribution in [2.75, 3.05) is 6.61 Å². The van der Waals surface area contributed by atoms with Gasteiger partial charge in [-0.2, -0.15) is 0 Å². The topological polar surface area (TPSA) is 26.3 Å². The van der Waals surface area contributed by atoms with Crippen LogP contribution in [0.15, 0.2) is 12.7 Å². The Morgan fingerprint density at radius 1 is 0.714 bits per heavy atom. The Bertz CT molecular complexity index is 370. The average molecular weight is 452 g/mol. The number of rotatable bonds is 21. The van der Waals surface area contributed by atoms with Crippen LogP contribution in [0.25, 0.3) is 0 Å². The summed E-state index contributed by atoms with van der Waals surface area (Å²) in [5.74, 6) is -0.306. The number of carbonyl (C=O) groups is 1. The second kappa shape index (κ2) is 20.3. The molecule has 28 heavy (non-hydrogen) atoms. The van der Waals surface area contributed by atoms with Gasteiger partial charge in [0.2, 0.25) is 0 Å². The van der Waals surface area contributed by atoms with Gasteiger partial charge >= 0.3 is 5.97 Å². The third kappa shape index (κ3) is 24.0. The van der Waals surface area contributed by atoms with Crippen molar-refractivity contribution < 1.29 is 9.53 Å². The summed E-state index contributed by atoms with van der Waals surface area (Å²) < 4.78 is 4.57. The van der Waals surface area contributed by atoms with Gasteiger partial charge in [0.05, 0.1) is 10.6 Å². The van der Waals surface area contributed by atoms with E-state index in [1.165, 1.54) is 102 Å². The van der Waals surface area contributed by atoms with E-state index in [2.05, 4.69) is 6.58 Å². The first kappa shape index (κ1) is 28.0. The van der Waals surface area contributed by atoms with Crippen molar-refractivity contribution in [3.05, 3.63) is 12.7 Å². The molecular formula is C23H44Cl2O2Si. The summed E-state index contributed by atoms with van der Waals surface area (Å²) >= 11 is 12.1. The van der Waals surface area contributed by atoms with E-state index in [1.807, 2.05) is 0 Å². The number of carbonyl (C=O) groups excluding carboxylic acids is 1. The van der Waals surface area contributed by atoms with Crippen molar-refractivity contribution in [2.45, 2.75) is 120 Å². The Kier molecular flexibility index (Phi) is 20.3. The Labute approximate surface area is 187 Å². The van der Waals surface area contributed by atoms with Crippen LogP contribution in [0.2, 0.25) is 0 Å². The van der Waals surface area contributed by atoms with Gasteiger partial charge in [0, 0.05) is 16.3 Å². The van der Waals surface area contributed by atoms with Crippen LogP contribution in [0.3, 0.4) is 0 Å². The second-order valence-electron chi connectivity index (χ2n) is 8.20. The highest BCUT2D eigenvalue weighted by atomic mass is 35.5. The minimum absolute atomic E-state index is 0.306. The number of alkyl halides is 2. The van der Waals surface area contributed by atoms with Gasteiger partial charge in [0.15, 0.2) is 0 Å². The number of ether oxygens (including phenoxy) is 1. The van der Waals surface area contributed by atoms with Crippen LogP contribution in [0.4, 0.5) is 0 Å². The normalized spacial score (nSPS) is 11.6. The molecule has 0 amide bonds. The van der Waals surface area contributed by atoms with Gasteiger partial charge < -0.3 is 4.74 Å². The zero-order valence-corrected chi connectivity index (χ0v) is 21.8. The highest BCUT2D eigenvalue weighted by molar-refractivity contribution is 6.65. The van der Waals surface area contributed by atoms with Crippen LogP contribution < -0.4 is 0 Å². The fourth-order valence-corrected chi connectivity index (χ4v) is 4.04.